The van der Waals surface area contributed by atoms with Gasteiger partial charge in [-0.15, -0.1) is 0 Å². The first-order valence-corrected chi connectivity index (χ1v) is 12.0. The predicted octanol–water partition coefficient (Wildman–Crippen LogP) is 2.91. The van der Waals surface area contributed by atoms with E-state index in [1.54, 1.807) is 53.5 Å². The van der Waals surface area contributed by atoms with Crippen LogP contribution in [0.2, 0.25) is 0 Å². The Morgan fingerprint density at radius 1 is 0.914 bits per heavy atom. The van der Waals surface area contributed by atoms with E-state index in [1.165, 1.54) is 30.6 Å². The van der Waals surface area contributed by atoms with Crippen molar-refractivity contribution in [2.45, 2.75) is 17.7 Å². The Kier molecular flexibility index (Phi) is 5.71. The van der Waals surface area contributed by atoms with Crippen LogP contribution in [0.3, 0.4) is 0 Å². The Morgan fingerprint density at radius 2 is 1.63 bits per heavy atom. The average molecular weight is 491 g/mol. The van der Waals surface area contributed by atoms with Gasteiger partial charge in [-0.25, -0.2) is 23.1 Å². The summed E-state index contributed by atoms with van der Waals surface area (Å²) in [6, 6.07) is 15.3. The smallest absolute Gasteiger partial charge is 0.261 e. The van der Waals surface area contributed by atoms with Crippen molar-refractivity contribution >= 4 is 33.2 Å². The minimum Gasteiger partial charge on any atom is -0.439 e. The fourth-order valence-electron chi connectivity index (χ4n) is 3.48. The van der Waals surface area contributed by atoms with Crippen molar-refractivity contribution < 1.29 is 22.7 Å². The van der Waals surface area contributed by atoms with Gasteiger partial charge in [0.2, 0.25) is 17.7 Å². The fourth-order valence-corrected chi connectivity index (χ4v) is 4.54. The number of amides is 2. The summed E-state index contributed by atoms with van der Waals surface area (Å²) in [6.45, 7) is 0. The molecule has 0 saturated carbocycles. The number of sulfonamides is 1. The number of rotatable bonds is 7. The Labute approximate surface area is 200 Å². The van der Waals surface area contributed by atoms with Crippen LogP contribution in [-0.2, 0) is 19.6 Å². The molecule has 1 aliphatic rings. The van der Waals surface area contributed by atoms with Gasteiger partial charge in [0.25, 0.3) is 10.0 Å². The van der Waals surface area contributed by atoms with Crippen molar-refractivity contribution in [2.24, 2.45) is 0 Å². The third kappa shape index (κ3) is 4.73. The number of aromatic nitrogens is 4. The van der Waals surface area contributed by atoms with Gasteiger partial charge in [0.05, 0.1) is 10.6 Å². The van der Waals surface area contributed by atoms with E-state index in [1.807, 2.05) is 0 Å². The molecule has 5 rings (SSSR count). The number of anilines is 2. The van der Waals surface area contributed by atoms with E-state index in [2.05, 4.69) is 19.8 Å². The maximum Gasteiger partial charge on any atom is 0.261 e. The fraction of sp³-hybridized carbons (Fsp3) is 0.0870. The Morgan fingerprint density at radius 3 is 2.29 bits per heavy atom. The molecule has 176 valence electrons. The molecular weight excluding hydrogens is 472 g/mol. The van der Waals surface area contributed by atoms with E-state index in [-0.39, 0.29) is 29.6 Å². The van der Waals surface area contributed by atoms with Crippen LogP contribution < -0.4 is 14.4 Å². The first-order valence-electron chi connectivity index (χ1n) is 10.5. The van der Waals surface area contributed by atoms with Gasteiger partial charge in [0, 0.05) is 37.0 Å². The highest BCUT2D eigenvalue weighted by molar-refractivity contribution is 7.92. The third-order valence-corrected chi connectivity index (χ3v) is 6.55. The molecule has 0 spiro atoms. The first kappa shape index (κ1) is 22.2. The second kappa shape index (κ2) is 8.99. The normalized spacial score (nSPS) is 13.8. The Bertz CT molecular complexity index is 1470. The lowest BCUT2D eigenvalue weighted by Gasteiger charge is -2.14. The maximum atomic E-state index is 12.8. The highest BCUT2D eigenvalue weighted by Gasteiger charge is 2.30. The molecule has 0 radical (unpaired) electrons. The highest BCUT2D eigenvalue weighted by atomic mass is 32.2. The lowest BCUT2D eigenvalue weighted by Crippen LogP contribution is -2.28. The molecule has 1 aliphatic heterocycles. The summed E-state index contributed by atoms with van der Waals surface area (Å²) in [5, 5.41) is 4.11. The lowest BCUT2D eigenvalue weighted by molar-refractivity contribution is -0.121. The lowest BCUT2D eigenvalue weighted by atomic mass is 10.3. The van der Waals surface area contributed by atoms with E-state index in [0.717, 1.165) is 4.90 Å². The molecule has 12 heteroatoms. The maximum absolute atomic E-state index is 12.8. The number of nitrogens with one attached hydrogen (secondary N) is 1. The van der Waals surface area contributed by atoms with Crippen LogP contribution in [0, 0.1) is 0 Å². The van der Waals surface area contributed by atoms with Gasteiger partial charge in [-0.2, -0.15) is 5.10 Å². The molecule has 35 heavy (non-hydrogen) atoms. The Hall–Kier alpha value is -4.58. The number of hydrogen-bond donors (Lipinski definition) is 1. The van der Waals surface area contributed by atoms with Gasteiger partial charge in [0.1, 0.15) is 12.1 Å². The van der Waals surface area contributed by atoms with E-state index in [4.69, 9.17) is 4.74 Å². The molecule has 1 fully saturated rings. The van der Waals surface area contributed by atoms with Crippen LogP contribution in [0.5, 0.6) is 11.6 Å². The molecule has 2 aromatic heterocycles. The molecule has 3 heterocycles. The number of ether oxygens (including phenoxy) is 1. The summed E-state index contributed by atoms with van der Waals surface area (Å²) in [6.07, 6.45) is 5.04. The SMILES string of the molecule is O=C1CCC(=O)N1c1ccc(S(=O)(=O)Nc2ccc(Oc3cc(-n4cccn4)ncn3)cc2)cc1. The van der Waals surface area contributed by atoms with Crippen molar-refractivity contribution in [3.05, 3.63) is 79.4 Å². The molecule has 2 amide bonds. The third-order valence-electron chi connectivity index (χ3n) is 5.15. The van der Waals surface area contributed by atoms with Gasteiger partial charge >= 0.3 is 0 Å². The van der Waals surface area contributed by atoms with Gasteiger partial charge in [0.15, 0.2) is 5.82 Å². The van der Waals surface area contributed by atoms with Crippen LogP contribution in [-0.4, -0.2) is 40.0 Å². The number of carbonyl (C=O) groups excluding carboxylic acids is 2. The molecule has 1 N–H and O–H groups in total. The topological polar surface area (TPSA) is 136 Å². The summed E-state index contributed by atoms with van der Waals surface area (Å²) < 4.78 is 35.3. The molecule has 0 unspecified atom stereocenters. The summed E-state index contributed by atoms with van der Waals surface area (Å²) in [5.74, 6) is 0.682. The molecule has 11 nitrogen and oxygen atoms in total. The summed E-state index contributed by atoms with van der Waals surface area (Å²) in [5.41, 5.74) is 0.671. The summed E-state index contributed by atoms with van der Waals surface area (Å²) in [7, 11) is -3.89. The minimum absolute atomic E-state index is 0.00666. The molecule has 0 atom stereocenters. The van der Waals surface area contributed by atoms with Crippen LogP contribution in [0.25, 0.3) is 5.82 Å². The van der Waals surface area contributed by atoms with Crippen LogP contribution >= 0.6 is 0 Å². The van der Waals surface area contributed by atoms with Crippen LogP contribution in [0.4, 0.5) is 11.4 Å². The van der Waals surface area contributed by atoms with E-state index in [9.17, 15) is 18.0 Å². The van der Waals surface area contributed by atoms with E-state index < -0.39 is 10.0 Å². The van der Waals surface area contributed by atoms with Gasteiger partial charge in [-0.3, -0.25) is 19.2 Å². The number of hydrogen-bond acceptors (Lipinski definition) is 8. The quantitative estimate of drug-likeness (QED) is 0.391. The van der Waals surface area contributed by atoms with Crippen molar-refractivity contribution in [3.8, 4) is 17.4 Å². The molecule has 2 aromatic carbocycles. The highest BCUT2D eigenvalue weighted by Crippen LogP contribution is 2.26. The number of carbonyl (C=O) groups is 2. The first-order chi connectivity index (χ1) is 16.9. The molecule has 0 aliphatic carbocycles. The van der Waals surface area contributed by atoms with Crippen LogP contribution in [0.15, 0.2) is 84.3 Å². The van der Waals surface area contributed by atoms with E-state index in [0.29, 0.717) is 28.8 Å². The van der Waals surface area contributed by atoms with Crippen LogP contribution in [0.1, 0.15) is 12.8 Å². The minimum atomic E-state index is -3.89. The zero-order valence-electron chi connectivity index (χ0n) is 18.1. The number of benzene rings is 2. The van der Waals surface area contributed by atoms with Crippen molar-refractivity contribution in [1.29, 1.82) is 0 Å². The van der Waals surface area contributed by atoms with Crippen molar-refractivity contribution in [1.82, 2.24) is 19.7 Å². The summed E-state index contributed by atoms with van der Waals surface area (Å²) >= 11 is 0. The zero-order valence-corrected chi connectivity index (χ0v) is 18.9. The van der Waals surface area contributed by atoms with Gasteiger partial charge < -0.3 is 4.74 Å². The average Bonchev–Trinajstić information content (AvgIpc) is 3.51. The standard InChI is InChI=1S/C23H18N6O5S/c30-22-10-11-23(31)29(22)17-4-8-19(9-5-17)35(32,33)27-16-2-6-18(7-3-16)34-21-14-20(24-15-25-21)28-13-1-12-26-28/h1-9,12-15,27H,10-11H2. The molecule has 0 bridgehead atoms. The zero-order chi connectivity index (χ0) is 24.4. The van der Waals surface area contributed by atoms with Crippen molar-refractivity contribution in [3.63, 3.8) is 0 Å². The second-order valence-corrected chi connectivity index (χ2v) is 9.20. The van der Waals surface area contributed by atoms with Crippen molar-refractivity contribution in [2.75, 3.05) is 9.62 Å². The number of imide groups is 1. The van der Waals surface area contributed by atoms with Gasteiger partial charge in [-0.1, -0.05) is 0 Å². The number of nitrogens with zero attached hydrogens (tertiary/aromatic N) is 5. The molecular formula is C23H18N6O5S. The van der Waals surface area contributed by atoms with E-state index >= 15 is 0 Å². The largest absolute Gasteiger partial charge is 0.439 e. The van der Waals surface area contributed by atoms with Gasteiger partial charge in [-0.05, 0) is 54.6 Å². The Balaban J connectivity index is 1.26. The molecule has 1 saturated heterocycles. The second-order valence-electron chi connectivity index (χ2n) is 7.51. The summed E-state index contributed by atoms with van der Waals surface area (Å²) in [4.78, 5) is 33.0. The monoisotopic (exact) mass is 490 g/mol. The molecule has 4 aromatic rings. The predicted molar refractivity (Wildman–Crippen MR) is 125 cm³/mol.